The lowest BCUT2D eigenvalue weighted by molar-refractivity contribution is 0.193. The summed E-state index contributed by atoms with van der Waals surface area (Å²) in [6.45, 7) is 3.28. The molecule has 4 nitrogen and oxygen atoms in total. The Morgan fingerprint density at radius 3 is 3.00 bits per heavy atom. The molecule has 0 amide bonds. The third-order valence-corrected chi connectivity index (χ3v) is 4.11. The quantitative estimate of drug-likeness (QED) is 0.805. The van der Waals surface area contributed by atoms with Crippen LogP contribution in [-0.4, -0.2) is 54.7 Å². The second-order valence-corrected chi connectivity index (χ2v) is 5.74. The molecule has 0 unspecified atom stereocenters. The second kappa shape index (κ2) is 7.24. The minimum Gasteiger partial charge on any atom is -0.395 e. The summed E-state index contributed by atoms with van der Waals surface area (Å²) in [5, 5.41) is 10.1. The van der Waals surface area contributed by atoms with E-state index < -0.39 is 0 Å². The van der Waals surface area contributed by atoms with Crippen LogP contribution in [0.2, 0.25) is 0 Å². The highest BCUT2D eigenvalue weighted by Crippen LogP contribution is 2.29. The highest BCUT2D eigenvalue weighted by atomic mass is 32.2. The van der Waals surface area contributed by atoms with Gasteiger partial charge in [0.05, 0.1) is 23.9 Å². The number of aliphatic hydroxyl groups excluding tert-OH is 1. The summed E-state index contributed by atoms with van der Waals surface area (Å²) in [6.07, 6.45) is 3.12. The van der Waals surface area contributed by atoms with E-state index in [1.165, 1.54) is 5.56 Å². The van der Waals surface area contributed by atoms with E-state index in [-0.39, 0.29) is 6.61 Å². The molecule has 5 heteroatoms. The molecule has 1 aliphatic heterocycles. The summed E-state index contributed by atoms with van der Waals surface area (Å²) in [7, 11) is 2.01. The molecule has 0 bridgehead atoms. The lowest BCUT2D eigenvalue weighted by Gasteiger charge is -2.19. The highest BCUT2D eigenvalue weighted by Gasteiger charge is 2.22. The van der Waals surface area contributed by atoms with Crippen molar-refractivity contribution in [3.63, 3.8) is 0 Å². The van der Waals surface area contributed by atoms with Crippen LogP contribution < -0.4 is 0 Å². The van der Waals surface area contributed by atoms with Gasteiger partial charge in [-0.2, -0.15) is 0 Å². The van der Waals surface area contributed by atoms with Crippen molar-refractivity contribution in [3.05, 3.63) is 23.4 Å². The smallest absolute Gasteiger partial charge is 0.0961 e. The number of rotatable bonds is 6. The van der Waals surface area contributed by atoms with Gasteiger partial charge < -0.3 is 9.84 Å². The van der Waals surface area contributed by atoms with E-state index in [4.69, 9.17) is 14.8 Å². The number of pyridine rings is 1. The Hall–Kier alpha value is -0.620. The molecule has 1 aromatic heterocycles. The van der Waals surface area contributed by atoms with Crippen LogP contribution in [0.1, 0.15) is 23.6 Å². The van der Waals surface area contributed by atoms with Crippen molar-refractivity contribution in [2.24, 2.45) is 0 Å². The summed E-state index contributed by atoms with van der Waals surface area (Å²) in [6, 6.07) is 4.29. The largest absolute Gasteiger partial charge is 0.395 e. The molecule has 19 heavy (non-hydrogen) atoms. The Morgan fingerprint density at radius 1 is 1.53 bits per heavy atom. The number of hydrogen-bond acceptors (Lipinski definition) is 5. The highest BCUT2D eigenvalue weighted by molar-refractivity contribution is 7.98. The van der Waals surface area contributed by atoms with Crippen molar-refractivity contribution in [1.82, 2.24) is 9.88 Å². The zero-order chi connectivity index (χ0) is 13.7. The van der Waals surface area contributed by atoms with Gasteiger partial charge in [-0.15, -0.1) is 11.8 Å². The molecular formula is C14H22N2O2S. The Morgan fingerprint density at radius 2 is 2.37 bits per heavy atom. The molecule has 1 saturated heterocycles. The fourth-order valence-electron chi connectivity index (χ4n) is 2.39. The number of aromatic nitrogens is 1. The van der Waals surface area contributed by atoms with Crippen molar-refractivity contribution in [2.45, 2.75) is 23.9 Å². The maximum Gasteiger partial charge on any atom is 0.0961 e. The molecular weight excluding hydrogens is 260 g/mol. The van der Waals surface area contributed by atoms with Crippen LogP contribution in [0.3, 0.4) is 0 Å². The molecule has 0 spiro atoms. The minimum atomic E-state index is 0.181. The number of likely N-dealkylation sites (N-methyl/N-ethyl adjacent to an activating group) is 1. The van der Waals surface area contributed by atoms with Gasteiger partial charge in [0.15, 0.2) is 0 Å². The van der Waals surface area contributed by atoms with E-state index in [1.54, 1.807) is 11.8 Å². The first-order chi connectivity index (χ1) is 9.24. The lowest BCUT2D eigenvalue weighted by atomic mass is 9.97. The first-order valence-corrected chi connectivity index (χ1v) is 7.88. The minimum absolute atomic E-state index is 0.181. The van der Waals surface area contributed by atoms with Gasteiger partial charge in [-0.25, -0.2) is 4.98 Å². The van der Waals surface area contributed by atoms with E-state index in [2.05, 4.69) is 17.0 Å². The number of thioether (sulfide) groups is 1. The van der Waals surface area contributed by atoms with Gasteiger partial charge >= 0.3 is 0 Å². The Balaban J connectivity index is 2.20. The molecule has 1 atom stereocenters. The van der Waals surface area contributed by atoms with Crippen LogP contribution in [-0.2, 0) is 11.3 Å². The Labute approximate surface area is 119 Å². The van der Waals surface area contributed by atoms with E-state index in [9.17, 15) is 0 Å². The molecule has 2 heterocycles. The van der Waals surface area contributed by atoms with Crippen LogP contribution in [0, 0.1) is 0 Å². The second-order valence-electron chi connectivity index (χ2n) is 4.91. The third-order valence-electron chi connectivity index (χ3n) is 3.46. The first kappa shape index (κ1) is 14.8. The molecule has 106 valence electrons. The van der Waals surface area contributed by atoms with Crippen molar-refractivity contribution < 1.29 is 9.84 Å². The van der Waals surface area contributed by atoms with Crippen molar-refractivity contribution in [3.8, 4) is 0 Å². The fourth-order valence-corrected chi connectivity index (χ4v) is 2.79. The van der Waals surface area contributed by atoms with Gasteiger partial charge in [-0.05, 0) is 31.4 Å². The van der Waals surface area contributed by atoms with Crippen LogP contribution in [0.25, 0.3) is 0 Å². The Kier molecular flexibility index (Phi) is 5.63. The van der Waals surface area contributed by atoms with Crippen LogP contribution >= 0.6 is 11.8 Å². The predicted molar refractivity (Wildman–Crippen MR) is 77.6 cm³/mol. The molecule has 1 N–H and O–H groups in total. The van der Waals surface area contributed by atoms with E-state index in [0.717, 1.165) is 36.9 Å². The van der Waals surface area contributed by atoms with Gasteiger partial charge in [-0.1, -0.05) is 6.07 Å². The number of ether oxygens (including phenoxy) is 1. The molecule has 1 aliphatic rings. The number of nitrogens with zero attached hydrogens (tertiary/aromatic N) is 2. The van der Waals surface area contributed by atoms with Crippen LogP contribution in [0.4, 0.5) is 0 Å². The Bertz CT molecular complexity index is 408. The molecule has 0 aromatic carbocycles. The first-order valence-electron chi connectivity index (χ1n) is 6.65. The molecule has 0 radical (unpaired) electrons. The summed E-state index contributed by atoms with van der Waals surface area (Å²) in [5.74, 6) is 0.473. The topological polar surface area (TPSA) is 45.6 Å². The summed E-state index contributed by atoms with van der Waals surface area (Å²) < 4.78 is 5.49. The van der Waals surface area contributed by atoms with Gasteiger partial charge in [0.1, 0.15) is 0 Å². The standard InChI is InChI=1S/C14H22N2O2S/c1-16(6-7-17)9-13-12(11-5-8-18-10-11)3-4-14(15-13)19-2/h3-4,11,17H,5-10H2,1-2H3/t11-/m1/s1. The number of hydrogen-bond donors (Lipinski definition) is 1. The molecule has 0 saturated carbocycles. The molecule has 1 aromatic rings. The van der Waals surface area contributed by atoms with E-state index >= 15 is 0 Å². The lowest BCUT2D eigenvalue weighted by Crippen LogP contribution is -2.23. The van der Waals surface area contributed by atoms with Crippen molar-refractivity contribution in [2.75, 3.05) is 39.7 Å². The van der Waals surface area contributed by atoms with Crippen LogP contribution in [0.15, 0.2) is 17.2 Å². The normalized spacial score (nSPS) is 19.3. The SMILES string of the molecule is CSc1ccc([C@@H]2CCOC2)c(CN(C)CCO)n1. The van der Waals surface area contributed by atoms with Gasteiger partial charge in [0, 0.05) is 25.6 Å². The van der Waals surface area contributed by atoms with Gasteiger partial charge in [0.2, 0.25) is 0 Å². The summed E-state index contributed by atoms with van der Waals surface area (Å²) in [5.41, 5.74) is 2.43. The van der Waals surface area contributed by atoms with Gasteiger partial charge in [-0.3, -0.25) is 4.90 Å². The average Bonchev–Trinajstić information content (AvgIpc) is 2.92. The van der Waals surface area contributed by atoms with Crippen molar-refractivity contribution >= 4 is 11.8 Å². The van der Waals surface area contributed by atoms with Crippen molar-refractivity contribution in [1.29, 1.82) is 0 Å². The summed E-state index contributed by atoms with van der Waals surface area (Å²) >= 11 is 1.66. The molecule has 2 rings (SSSR count). The van der Waals surface area contributed by atoms with Gasteiger partial charge in [0.25, 0.3) is 0 Å². The summed E-state index contributed by atoms with van der Waals surface area (Å²) in [4.78, 5) is 6.85. The predicted octanol–water partition coefficient (Wildman–Crippen LogP) is 1.73. The van der Waals surface area contributed by atoms with E-state index in [0.29, 0.717) is 12.5 Å². The fraction of sp³-hybridized carbons (Fsp3) is 0.643. The average molecular weight is 282 g/mol. The maximum atomic E-state index is 9.01. The zero-order valence-electron chi connectivity index (χ0n) is 11.6. The maximum absolute atomic E-state index is 9.01. The molecule has 0 aliphatic carbocycles. The number of aliphatic hydroxyl groups is 1. The zero-order valence-corrected chi connectivity index (χ0v) is 12.4. The van der Waals surface area contributed by atoms with E-state index in [1.807, 2.05) is 13.3 Å². The third kappa shape index (κ3) is 3.92. The molecule has 1 fully saturated rings. The van der Waals surface area contributed by atoms with Crippen LogP contribution in [0.5, 0.6) is 0 Å². The monoisotopic (exact) mass is 282 g/mol.